The summed E-state index contributed by atoms with van der Waals surface area (Å²) in [7, 11) is 0. The number of nitrogens with zero attached hydrogens (tertiary/aromatic N) is 5. The van der Waals surface area contributed by atoms with E-state index in [0.717, 1.165) is 18.4 Å². The van der Waals surface area contributed by atoms with Crippen molar-refractivity contribution in [3.63, 3.8) is 0 Å². The van der Waals surface area contributed by atoms with E-state index >= 15 is 0 Å². The van der Waals surface area contributed by atoms with Gasteiger partial charge in [-0.1, -0.05) is 13.8 Å². The average Bonchev–Trinajstić information content (AvgIpc) is 3.47. The Morgan fingerprint density at radius 1 is 1.11 bits per heavy atom. The van der Waals surface area contributed by atoms with Crippen LogP contribution in [0.15, 0.2) is 31.1 Å². The van der Waals surface area contributed by atoms with E-state index in [1.807, 2.05) is 13.8 Å². The molecule has 2 fully saturated rings. The van der Waals surface area contributed by atoms with E-state index in [-0.39, 0.29) is 29.4 Å². The Balaban J connectivity index is 1.44. The number of aliphatic hydroxyl groups is 1. The Hall–Kier alpha value is -2.61. The molecule has 1 saturated carbocycles. The number of carbonyl (C=O) groups excluding carboxylic acids is 1. The van der Waals surface area contributed by atoms with Crippen molar-refractivity contribution in [2.75, 3.05) is 18.4 Å². The minimum atomic E-state index is -0.367. The van der Waals surface area contributed by atoms with Crippen LogP contribution >= 0.6 is 0 Å². The number of carbonyl (C=O) groups is 1. The van der Waals surface area contributed by atoms with Crippen LogP contribution in [0.25, 0.3) is 0 Å². The van der Waals surface area contributed by atoms with Gasteiger partial charge in [-0.2, -0.15) is 0 Å². The third kappa shape index (κ3) is 3.49. The number of anilines is 1. The van der Waals surface area contributed by atoms with E-state index in [4.69, 9.17) is 0 Å². The first-order valence-corrected chi connectivity index (χ1v) is 9.31. The van der Waals surface area contributed by atoms with Crippen molar-refractivity contribution in [2.24, 2.45) is 11.8 Å². The number of piperidine rings is 1. The highest BCUT2D eigenvalue weighted by Gasteiger charge is 2.45. The fraction of sp³-hybridized carbons (Fsp3) is 0.526. The second-order valence-corrected chi connectivity index (χ2v) is 7.78. The highest BCUT2D eigenvalue weighted by Crippen LogP contribution is 2.47. The highest BCUT2D eigenvalue weighted by molar-refractivity contribution is 5.93. The maximum Gasteiger partial charge on any atom is 0.257 e. The molecule has 1 amide bonds. The molecule has 2 atom stereocenters. The van der Waals surface area contributed by atoms with Crippen LogP contribution in [0.1, 0.15) is 42.6 Å². The van der Waals surface area contributed by atoms with Gasteiger partial charge in [0.05, 0.1) is 17.2 Å². The lowest BCUT2D eigenvalue weighted by Gasteiger charge is -2.38. The van der Waals surface area contributed by atoms with Gasteiger partial charge in [-0.15, -0.1) is 0 Å². The van der Waals surface area contributed by atoms with Crippen LogP contribution in [0.5, 0.6) is 0 Å². The number of likely N-dealkylation sites (tertiary alicyclic amines) is 1. The quantitative estimate of drug-likeness (QED) is 0.842. The number of nitrogens with one attached hydrogen (secondary N) is 1. The van der Waals surface area contributed by atoms with E-state index in [1.54, 1.807) is 29.7 Å². The van der Waals surface area contributed by atoms with Gasteiger partial charge in [0, 0.05) is 43.4 Å². The molecule has 2 N–H and O–H groups in total. The molecule has 1 saturated heterocycles. The minimum absolute atomic E-state index is 0.0578. The second-order valence-electron chi connectivity index (χ2n) is 7.78. The number of rotatable bonds is 4. The molecule has 4 rings (SSSR count). The molecule has 0 bridgehead atoms. The van der Waals surface area contributed by atoms with Gasteiger partial charge < -0.3 is 15.3 Å². The maximum atomic E-state index is 12.8. The molecular formula is C19H24N6O2. The molecule has 2 aromatic heterocycles. The molecule has 2 aromatic rings. The third-order valence-corrected chi connectivity index (χ3v) is 5.58. The summed E-state index contributed by atoms with van der Waals surface area (Å²) in [6.45, 7) is 5.02. The third-order valence-electron chi connectivity index (χ3n) is 5.58. The van der Waals surface area contributed by atoms with Crippen LogP contribution in [0.4, 0.5) is 5.95 Å². The number of amides is 1. The van der Waals surface area contributed by atoms with Gasteiger partial charge in [-0.3, -0.25) is 4.79 Å². The fourth-order valence-electron chi connectivity index (χ4n) is 3.77. The number of aliphatic hydroxyl groups excluding tert-OH is 1. The molecular weight excluding hydrogens is 344 g/mol. The number of hydrogen-bond acceptors (Lipinski definition) is 7. The van der Waals surface area contributed by atoms with Crippen molar-refractivity contribution in [1.29, 1.82) is 0 Å². The molecule has 2 aliphatic rings. The topological polar surface area (TPSA) is 104 Å². The largest absolute Gasteiger partial charge is 0.392 e. The van der Waals surface area contributed by atoms with E-state index in [0.29, 0.717) is 24.6 Å². The molecule has 27 heavy (non-hydrogen) atoms. The van der Waals surface area contributed by atoms with Gasteiger partial charge in [0.1, 0.15) is 6.33 Å². The Kier molecular flexibility index (Phi) is 4.51. The monoisotopic (exact) mass is 368 g/mol. The highest BCUT2D eigenvalue weighted by atomic mass is 16.3. The summed E-state index contributed by atoms with van der Waals surface area (Å²) in [6, 6.07) is 0. The Morgan fingerprint density at radius 2 is 1.70 bits per heavy atom. The summed E-state index contributed by atoms with van der Waals surface area (Å²) < 4.78 is 0. The van der Waals surface area contributed by atoms with Crippen molar-refractivity contribution in [3.8, 4) is 0 Å². The van der Waals surface area contributed by atoms with Crippen molar-refractivity contribution in [3.05, 3.63) is 42.2 Å². The van der Waals surface area contributed by atoms with Gasteiger partial charge in [0.15, 0.2) is 0 Å². The average molecular weight is 368 g/mol. The molecule has 1 aliphatic carbocycles. The van der Waals surface area contributed by atoms with Gasteiger partial charge in [0.25, 0.3) is 5.91 Å². The van der Waals surface area contributed by atoms with Gasteiger partial charge in [0.2, 0.25) is 5.95 Å². The van der Waals surface area contributed by atoms with E-state index in [1.165, 1.54) is 6.33 Å². The molecule has 0 spiro atoms. The van der Waals surface area contributed by atoms with Crippen molar-refractivity contribution < 1.29 is 9.90 Å². The molecule has 8 nitrogen and oxygen atoms in total. The Bertz CT molecular complexity index is 797. The smallest absolute Gasteiger partial charge is 0.257 e. The zero-order valence-electron chi connectivity index (χ0n) is 15.5. The predicted molar refractivity (Wildman–Crippen MR) is 98.8 cm³/mol. The van der Waals surface area contributed by atoms with Crippen molar-refractivity contribution in [1.82, 2.24) is 24.8 Å². The van der Waals surface area contributed by atoms with Crippen LogP contribution in [-0.4, -0.2) is 55.0 Å². The minimum Gasteiger partial charge on any atom is -0.392 e. The maximum absolute atomic E-state index is 12.8. The van der Waals surface area contributed by atoms with Gasteiger partial charge in [-0.05, 0) is 24.7 Å². The fourth-order valence-corrected chi connectivity index (χ4v) is 3.77. The molecule has 1 aliphatic heterocycles. The molecule has 0 aromatic carbocycles. The number of hydrogen-bond donors (Lipinski definition) is 2. The van der Waals surface area contributed by atoms with Gasteiger partial charge in [-0.25, -0.2) is 19.9 Å². The lowest BCUT2D eigenvalue weighted by atomic mass is 9.88. The van der Waals surface area contributed by atoms with Crippen molar-refractivity contribution in [2.45, 2.75) is 38.3 Å². The molecule has 2 unspecified atom stereocenters. The van der Waals surface area contributed by atoms with Crippen LogP contribution < -0.4 is 5.32 Å². The molecule has 0 radical (unpaired) electrons. The number of aromatic nitrogens is 4. The van der Waals surface area contributed by atoms with Gasteiger partial charge >= 0.3 is 0 Å². The summed E-state index contributed by atoms with van der Waals surface area (Å²) in [5.74, 6) is 0.512. The summed E-state index contributed by atoms with van der Waals surface area (Å²) >= 11 is 0. The summed E-state index contributed by atoms with van der Waals surface area (Å²) in [6.07, 6.45) is 9.82. The van der Waals surface area contributed by atoms with Crippen LogP contribution in [-0.2, 0) is 5.54 Å². The molecule has 8 heteroatoms. The summed E-state index contributed by atoms with van der Waals surface area (Å²) in [5.41, 5.74) is 1.27. The normalized spacial score (nSPS) is 26.5. The van der Waals surface area contributed by atoms with Crippen LogP contribution in [0.2, 0.25) is 0 Å². The first-order valence-electron chi connectivity index (χ1n) is 9.31. The first kappa shape index (κ1) is 17.8. The summed E-state index contributed by atoms with van der Waals surface area (Å²) in [5, 5.41) is 13.4. The predicted octanol–water partition coefficient (Wildman–Crippen LogP) is 1.46. The Morgan fingerprint density at radius 3 is 2.26 bits per heavy atom. The lowest BCUT2D eigenvalue weighted by Crippen LogP contribution is -2.49. The second kappa shape index (κ2) is 6.84. The van der Waals surface area contributed by atoms with E-state index in [2.05, 4.69) is 25.3 Å². The van der Waals surface area contributed by atoms with Crippen LogP contribution in [0, 0.1) is 11.8 Å². The zero-order chi connectivity index (χ0) is 19.0. The SMILES string of the molecule is CC1CN(C(=O)c2cnc(NC3(c4cncnc4)CC3)nc2)CC(C)C1O. The first-order chi connectivity index (χ1) is 13.0. The summed E-state index contributed by atoms with van der Waals surface area (Å²) in [4.78, 5) is 31.4. The van der Waals surface area contributed by atoms with E-state index in [9.17, 15) is 9.90 Å². The van der Waals surface area contributed by atoms with Crippen molar-refractivity contribution >= 4 is 11.9 Å². The zero-order valence-corrected chi connectivity index (χ0v) is 15.5. The van der Waals surface area contributed by atoms with Crippen LogP contribution in [0.3, 0.4) is 0 Å². The molecule has 3 heterocycles. The molecule has 142 valence electrons. The lowest BCUT2D eigenvalue weighted by molar-refractivity contribution is -0.00354. The van der Waals surface area contributed by atoms with E-state index < -0.39 is 0 Å². The Labute approximate surface area is 158 Å². The standard InChI is InChI=1S/C19H24N6O2/c1-12-9-25(10-13(2)16(12)26)17(27)14-5-22-18(23-6-14)24-19(3-4-19)15-7-20-11-21-8-15/h5-8,11-13,16,26H,3-4,9-10H2,1-2H3,(H,22,23,24).